The molecule has 1 aliphatic heterocycles. The number of hydrogen-bond donors (Lipinski definition) is 1. The van der Waals surface area contributed by atoms with Gasteiger partial charge in [-0.2, -0.15) is 0 Å². The zero-order valence-corrected chi connectivity index (χ0v) is 13.3. The van der Waals surface area contributed by atoms with Crippen LogP contribution in [0.15, 0.2) is 24.3 Å². The van der Waals surface area contributed by atoms with Crippen molar-refractivity contribution in [1.29, 1.82) is 0 Å². The molecule has 1 atom stereocenters. The van der Waals surface area contributed by atoms with Crippen molar-refractivity contribution in [2.45, 2.75) is 51.7 Å². The average molecular weight is 277 g/mol. The van der Waals surface area contributed by atoms with Crippen LogP contribution in [0.2, 0.25) is 0 Å². The molecule has 0 spiro atoms. The summed E-state index contributed by atoms with van der Waals surface area (Å²) >= 11 is 0. The van der Waals surface area contributed by atoms with Gasteiger partial charge in [0.2, 0.25) is 0 Å². The number of benzene rings is 1. The molecule has 1 heterocycles. The smallest absolute Gasteiger partial charge is 0.119 e. The normalized spacial score (nSPS) is 22.6. The van der Waals surface area contributed by atoms with Crippen molar-refractivity contribution >= 4 is 0 Å². The molecule has 0 radical (unpaired) electrons. The van der Waals surface area contributed by atoms with Crippen molar-refractivity contribution in [1.82, 2.24) is 5.32 Å². The van der Waals surface area contributed by atoms with Gasteiger partial charge in [-0.15, -0.1) is 0 Å². The Balaban J connectivity index is 1.89. The topological polar surface area (TPSA) is 30.5 Å². The van der Waals surface area contributed by atoms with Crippen molar-refractivity contribution in [2.24, 2.45) is 0 Å². The Labute approximate surface area is 122 Å². The average Bonchev–Trinajstić information content (AvgIpc) is 2.37. The first-order chi connectivity index (χ1) is 9.26. The predicted octanol–water partition coefficient (Wildman–Crippen LogP) is 3.13. The van der Waals surface area contributed by atoms with Crippen molar-refractivity contribution in [2.75, 3.05) is 19.8 Å². The molecule has 1 saturated heterocycles. The highest BCUT2D eigenvalue weighted by molar-refractivity contribution is 5.32. The fraction of sp³-hybridized carbons (Fsp3) is 0.647. The molecule has 1 unspecified atom stereocenters. The Morgan fingerprint density at radius 3 is 2.70 bits per heavy atom. The van der Waals surface area contributed by atoms with Crippen molar-refractivity contribution in [3.63, 3.8) is 0 Å². The SMILES string of the molecule is CC1(C)COC(COc2cccc(C(C)(C)C)c2)CN1. The van der Waals surface area contributed by atoms with Crippen molar-refractivity contribution in [3.05, 3.63) is 29.8 Å². The largest absolute Gasteiger partial charge is 0.491 e. The van der Waals surface area contributed by atoms with Gasteiger partial charge in [0.05, 0.1) is 6.61 Å². The van der Waals surface area contributed by atoms with Gasteiger partial charge >= 0.3 is 0 Å². The molecule has 112 valence electrons. The number of ether oxygens (including phenoxy) is 2. The highest BCUT2D eigenvalue weighted by Crippen LogP contribution is 2.25. The summed E-state index contributed by atoms with van der Waals surface area (Å²) in [6, 6.07) is 8.34. The number of morpholine rings is 1. The Kier molecular flexibility index (Phi) is 4.40. The quantitative estimate of drug-likeness (QED) is 0.921. The Morgan fingerprint density at radius 1 is 1.35 bits per heavy atom. The minimum Gasteiger partial charge on any atom is -0.491 e. The first-order valence-electron chi connectivity index (χ1n) is 7.36. The molecule has 1 aliphatic rings. The van der Waals surface area contributed by atoms with Gasteiger partial charge in [0.25, 0.3) is 0 Å². The zero-order valence-electron chi connectivity index (χ0n) is 13.3. The summed E-state index contributed by atoms with van der Waals surface area (Å²) in [6.45, 7) is 13.1. The molecule has 0 aliphatic carbocycles. The molecular weight excluding hydrogens is 250 g/mol. The molecule has 3 heteroatoms. The number of rotatable bonds is 3. The van der Waals surface area contributed by atoms with E-state index in [2.05, 4.69) is 58.1 Å². The van der Waals surface area contributed by atoms with E-state index in [1.54, 1.807) is 0 Å². The summed E-state index contributed by atoms with van der Waals surface area (Å²) in [6.07, 6.45) is 0.126. The zero-order chi connectivity index (χ0) is 14.8. The molecule has 0 aromatic heterocycles. The fourth-order valence-corrected chi connectivity index (χ4v) is 2.17. The van der Waals surface area contributed by atoms with E-state index in [-0.39, 0.29) is 17.1 Å². The first kappa shape index (κ1) is 15.3. The second-order valence-corrected chi connectivity index (χ2v) is 7.29. The van der Waals surface area contributed by atoms with Gasteiger partial charge in [0.1, 0.15) is 18.5 Å². The van der Waals surface area contributed by atoms with E-state index in [0.29, 0.717) is 6.61 Å². The van der Waals surface area contributed by atoms with Crippen LogP contribution in [0.25, 0.3) is 0 Å². The predicted molar refractivity (Wildman–Crippen MR) is 82.5 cm³/mol. The molecular formula is C17H27NO2. The Morgan fingerprint density at radius 2 is 2.10 bits per heavy atom. The minimum absolute atomic E-state index is 0.0721. The number of nitrogens with one attached hydrogen (secondary N) is 1. The summed E-state index contributed by atoms with van der Waals surface area (Å²) in [4.78, 5) is 0. The van der Waals surface area contributed by atoms with E-state index >= 15 is 0 Å². The lowest BCUT2D eigenvalue weighted by Crippen LogP contribution is -2.54. The maximum atomic E-state index is 5.88. The minimum atomic E-state index is 0.0721. The van der Waals surface area contributed by atoms with E-state index < -0.39 is 0 Å². The van der Waals surface area contributed by atoms with Gasteiger partial charge in [-0.3, -0.25) is 0 Å². The van der Waals surface area contributed by atoms with Crippen LogP contribution in [-0.2, 0) is 10.2 Å². The highest BCUT2D eigenvalue weighted by Gasteiger charge is 2.27. The van der Waals surface area contributed by atoms with Crippen LogP contribution in [0.3, 0.4) is 0 Å². The summed E-state index contributed by atoms with van der Waals surface area (Å²) in [5.74, 6) is 0.922. The summed E-state index contributed by atoms with van der Waals surface area (Å²) in [5, 5.41) is 3.48. The fourth-order valence-electron chi connectivity index (χ4n) is 2.17. The van der Waals surface area contributed by atoms with Crippen LogP contribution in [-0.4, -0.2) is 31.4 Å². The van der Waals surface area contributed by atoms with Gasteiger partial charge in [0, 0.05) is 12.1 Å². The second-order valence-electron chi connectivity index (χ2n) is 7.29. The van der Waals surface area contributed by atoms with E-state index in [1.165, 1.54) is 5.56 Å². The molecule has 3 nitrogen and oxygen atoms in total. The number of hydrogen-bond acceptors (Lipinski definition) is 3. The molecule has 0 saturated carbocycles. The maximum Gasteiger partial charge on any atom is 0.119 e. The monoisotopic (exact) mass is 277 g/mol. The molecule has 20 heavy (non-hydrogen) atoms. The lowest BCUT2D eigenvalue weighted by Gasteiger charge is -2.35. The van der Waals surface area contributed by atoms with E-state index in [4.69, 9.17) is 9.47 Å². The molecule has 1 aromatic carbocycles. The van der Waals surface area contributed by atoms with Crippen LogP contribution in [0.5, 0.6) is 5.75 Å². The molecule has 0 amide bonds. The summed E-state index contributed by atoms with van der Waals surface area (Å²) < 4.78 is 11.7. The molecule has 1 N–H and O–H groups in total. The van der Waals surface area contributed by atoms with Crippen LogP contribution in [0.4, 0.5) is 0 Å². The molecule has 0 bridgehead atoms. The summed E-state index contributed by atoms with van der Waals surface area (Å²) in [5.41, 5.74) is 1.51. The van der Waals surface area contributed by atoms with Crippen LogP contribution < -0.4 is 10.1 Å². The third kappa shape index (κ3) is 4.22. The first-order valence-corrected chi connectivity index (χ1v) is 7.36. The standard InChI is InChI=1S/C17H27NO2/c1-16(2,3)13-7-6-8-14(9-13)19-11-15-10-18-17(4,5)12-20-15/h6-9,15,18H,10-12H2,1-5H3. The molecule has 1 fully saturated rings. The van der Waals surface area contributed by atoms with E-state index in [1.807, 2.05) is 6.07 Å². The van der Waals surface area contributed by atoms with Crippen LogP contribution >= 0.6 is 0 Å². The van der Waals surface area contributed by atoms with Crippen LogP contribution in [0, 0.1) is 0 Å². The van der Waals surface area contributed by atoms with Gasteiger partial charge in [-0.05, 0) is 37.0 Å². The second kappa shape index (κ2) is 5.74. The lowest BCUT2D eigenvalue weighted by molar-refractivity contribution is -0.0412. The van der Waals surface area contributed by atoms with Crippen molar-refractivity contribution in [3.8, 4) is 5.75 Å². The highest BCUT2D eigenvalue weighted by atomic mass is 16.5. The third-order valence-electron chi connectivity index (χ3n) is 3.62. The van der Waals surface area contributed by atoms with Gasteiger partial charge in [0.15, 0.2) is 0 Å². The van der Waals surface area contributed by atoms with Crippen molar-refractivity contribution < 1.29 is 9.47 Å². The van der Waals surface area contributed by atoms with Crippen LogP contribution in [0.1, 0.15) is 40.2 Å². The Hall–Kier alpha value is -1.06. The maximum absolute atomic E-state index is 5.88. The van der Waals surface area contributed by atoms with Gasteiger partial charge in [-0.1, -0.05) is 32.9 Å². The molecule has 1 aromatic rings. The Bertz CT molecular complexity index is 439. The van der Waals surface area contributed by atoms with Gasteiger partial charge in [-0.25, -0.2) is 0 Å². The molecule has 2 rings (SSSR count). The van der Waals surface area contributed by atoms with E-state index in [9.17, 15) is 0 Å². The lowest BCUT2D eigenvalue weighted by atomic mass is 9.87. The third-order valence-corrected chi connectivity index (χ3v) is 3.62. The van der Waals surface area contributed by atoms with E-state index in [0.717, 1.165) is 18.9 Å². The summed E-state index contributed by atoms with van der Waals surface area (Å²) in [7, 11) is 0. The van der Waals surface area contributed by atoms with Gasteiger partial charge < -0.3 is 14.8 Å².